The summed E-state index contributed by atoms with van der Waals surface area (Å²) in [5.74, 6) is 1.49. The van der Waals surface area contributed by atoms with Crippen LogP contribution in [-0.4, -0.2) is 49.2 Å². The lowest BCUT2D eigenvalue weighted by molar-refractivity contribution is -0.144. The molecular formula is C13H22N2O2. The van der Waals surface area contributed by atoms with Crippen LogP contribution in [0.4, 0.5) is 0 Å². The van der Waals surface area contributed by atoms with Gasteiger partial charge in [0, 0.05) is 37.7 Å². The van der Waals surface area contributed by atoms with E-state index in [1.165, 1.54) is 0 Å². The lowest BCUT2D eigenvalue weighted by Crippen LogP contribution is -2.63. The molecule has 1 unspecified atom stereocenters. The third kappa shape index (κ3) is 2.33. The summed E-state index contributed by atoms with van der Waals surface area (Å²) in [6.07, 6.45) is 3.32. The molecule has 4 nitrogen and oxygen atoms in total. The Labute approximate surface area is 103 Å². The van der Waals surface area contributed by atoms with E-state index >= 15 is 0 Å². The zero-order valence-corrected chi connectivity index (χ0v) is 10.5. The van der Waals surface area contributed by atoms with Gasteiger partial charge < -0.3 is 15.0 Å². The number of hydrogen-bond acceptors (Lipinski definition) is 3. The summed E-state index contributed by atoms with van der Waals surface area (Å²) in [6.45, 7) is 5.75. The van der Waals surface area contributed by atoms with Crippen LogP contribution < -0.4 is 5.32 Å². The van der Waals surface area contributed by atoms with E-state index in [2.05, 4.69) is 12.2 Å². The largest absolute Gasteiger partial charge is 0.380 e. The van der Waals surface area contributed by atoms with E-state index in [4.69, 9.17) is 4.74 Å². The number of carbonyl (C=O) groups excluding carboxylic acids is 1. The SMILES string of the molecule is CC1CC(C(=O)N2CC(NC3CCOC3)C2)C1. The second-order valence-electron chi connectivity index (χ2n) is 5.94. The maximum atomic E-state index is 12.0. The Bertz CT molecular complexity index is 290. The maximum absolute atomic E-state index is 12.0. The van der Waals surface area contributed by atoms with Crippen molar-refractivity contribution in [3.05, 3.63) is 0 Å². The van der Waals surface area contributed by atoms with Crippen LogP contribution in [0, 0.1) is 11.8 Å². The van der Waals surface area contributed by atoms with E-state index in [0.717, 1.165) is 51.5 Å². The lowest BCUT2D eigenvalue weighted by atomic mass is 9.75. The first-order valence-corrected chi connectivity index (χ1v) is 6.85. The van der Waals surface area contributed by atoms with Gasteiger partial charge in [-0.1, -0.05) is 6.92 Å². The fraction of sp³-hybridized carbons (Fsp3) is 0.923. The molecule has 3 aliphatic rings. The Morgan fingerprint density at radius 3 is 2.65 bits per heavy atom. The normalized spacial score (nSPS) is 37.7. The highest BCUT2D eigenvalue weighted by Crippen LogP contribution is 2.35. The maximum Gasteiger partial charge on any atom is 0.225 e. The quantitative estimate of drug-likeness (QED) is 0.784. The molecule has 1 saturated carbocycles. The number of rotatable bonds is 3. The van der Waals surface area contributed by atoms with Crippen LogP contribution in [0.5, 0.6) is 0 Å². The molecule has 96 valence electrons. The first kappa shape index (κ1) is 11.5. The van der Waals surface area contributed by atoms with E-state index in [1.807, 2.05) is 4.90 Å². The number of nitrogens with one attached hydrogen (secondary N) is 1. The number of nitrogens with zero attached hydrogens (tertiary/aromatic N) is 1. The summed E-state index contributed by atoms with van der Waals surface area (Å²) in [5.41, 5.74) is 0. The average Bonchev–Trinajstić information content (AvgIpc) is 2.70. The number of likely N-dealkylation sites (tertiary alicyclic amines) is 1. The first-order valence-electron chi connectivity index (χ1n) is 6.85. The van der Waals surface area contributed by atoms with Crippen molar-refractivity contribution in [1.29, 1.82) is 0 Å². The predicted octanol–water partition coefficient (Wildman–Crippen LogP) is 0.622. The summed E-state index contributed by atoms with van der Waals surface area (Å²) < 4.78 is 5.33. The van der Waals surface area contributed by atoms with Gasteiger partial charge in [-0.05, 0) is 25.2 Å². The average molecular weight is 238 g/mol. The van der Waals surface area contributed by atoms with E-state index in [1.54, 1.807) is 0 Å². The fourth-order valence-corrected chi connectivity index (χ4v) is 3.13. The minimum absolute atomic E-state index is 0.334. The van der Waals surface area contributed by atoms with E-state index in [-0.39, 0.29) is 0 Å². The Kier molecular flexibility index (Phi) is 3.09. The summed E-state index contributed by atoms with van der Waals surface area (Å²) in [4.78, 5) is 14.0. The molecule has 2 saturated heterocycles. The molecule has 1 atom stereocenters. The third-order valence-electron chi connectivity index (χ3n) is 4.32. The molecule has 0 aromatic rings. The van der Waals surface area contributed by atoms with Crippen molar-refractivity contribution in [1.82, 2.24) is 10.2 Å². The van der Waals surface area contributed by atoms with Crippen LogP contribution in [0.25, 0.3) is 0 Å². The van der Waals surface area contributed by atoms with Crippen LogP contribution in [0.2, 0.25) is 0 Å². The van der Waals surface area contributed by atoms with E-state index < -0.39 is 0 Å². The van der Waals surface area contributed by atoms with Crippen molar-refractivity contribution in [3.63, 3.8) is 0 Å². The van der Waals surface area contributed by atoms with Gasteiger partial charge >= 0.3 is 0 Å². The molecule has 3 rings (SSSR count). The van der Waals surface area contributed by atoms with Crippen LogP contribution >= 0.6 is 0 Å². The lowest BCUT2D eigenvalue weighted by Gasteiger charge is -2.45. The summed E-state index contributed by atoms with van der Waals surface area (Å²) in [7, 11) is 0. The highest BCUT2D eigenvalue weighted by atomic mass is 16.5. The summed E-state index contributed by atoms with van der Waals surface area (Å²) in [6, 6.07) is 1.02. The Balaban J connectivity index is 1.37. The molecule has 17 heavy (non-hydrogen) atoms. The number of amides is 1. The van der Waals surface area contributed by atoms with Crippen molar-refractivity contribution < 1.29 is 9.53 Å². The van der Waals surface area contributed by atoms with Gasteiger partial charge in [-0.3, -0.25) is 4.79 Å². The minimum Gasteiger partial charge on any atom is -0.380 e. The van der Waals surface area contributed by atoms with Crippen LogP contribution in [0.15, 0.2) is 0 Å². The molecule has 0 aromatic heterocycles. The zero-order valence-electron chi connectivity index (χ0n) is 10.5. The number of hydrogen-bond donors (Lipinski definition) is 1. The molecule has 2 aliphatic heterocycles. The molecule has 0 bridgehead atoms. The smallest absolute Gasteiger partial charge is 0.225 e. The Hall–Kier alpha value is -0.610. The van der Waals surface area contributed by atoms with Gasteiger partial charge in [0.25, 0.3) is 0 Å². The van der Waals surface area contributed by atoms with Crippen molar-refractivity contribution in [2.24, 2.45) is 11.8 Å². The van der Waals surface area contributed by atoms with Gasteiger partial charge in [0.2, 0.25) is 5.91 Å². The highest BCUT2D eigenvalue weighted by Gasteiger charge is 2.39. The Morgan fingerprint density at radius 2 is 2.06 bits per heavy atom. The topological polar surface area (TPSA) is 41.6 Å². The molecule has 4 heteroatoms. The summed E-state index contributed by atoms with van der Waals surface area (Å²) in [5, 5.41) is 3.56. The first-order chi connectivity index (χ1) is 8.22. The van der Waals surface area contributed by atoms with Gasteiger partial charge in [0.1, 0.15) is 0 Å². The molecule has 3 fully saturated rings. The van der Waals surface area contributed by atoms with Crippen LogP contribution in [-0.2, 0) is 9.53 Å². The molecule has 1 amide bonds. The molecule has 1 aliphatic carbocycles. The number of ether oxygens (including phenoxy) is 1. The monoisotopic (exact) mass is 238 g/mol. The molecule has 0 aromatic carbocycles. The van der Waals surface area contributed by atoms with Crippen molar-refractivity contribution in [2.45, 2.75) is 38.3 Å². The van der Waals surface area contributed by atoms with Crippen LogP contribution in [0.1, 0.15) is 26.2 Å². The van der Waals surface area contributed by atoms with Crippen molar-refractivity contribution in [3.8, 4) is 0 Å². The second-order valence-corrected chi connectivity index (χ2v) is 5.94. The zero-order chi connectivity index (χ0) is 11.8. The van der Waals surface area contributed by atoms with Gasteiger partial charge in [-0.15, -0.1) is 0 Å². The highest BCUT2D eigenvalue weighted by molar-refractivity contribution is 5.80. The second kappa shape index (κ2) is 4.58. The minimum atomic E-state index is 0.334. The fourth-order valence-electron chi connectivity index (χ4n) is 3.13. The molecule has 0 spiro atoms. The van der Waals surface area contributed by atoms with E-state index in [0.29, 0.717) is 23.9 Å². The molecule has 1 N–H and O–H groups in total. The van der Waals surface area contributed by atoms with Crippen molar-refractivity contribution >= 4 is 5.91 Å². The van der Waals surface area contributed by atoms with Gasteiger partial charge in [0.15, 0.2) is 0 Å². The van der Waals surface area contributed by atoms with Gasteiger partial charge in [0.05, 0.1) is 6.61 Å². The Morgan fingerprint density at radius 1 is 1.29 bits per heavy atom. The third-order valence-corrected chi connectivity index (χ3v) is 4.32. The van der Waals surface area contributed by atoms with Crippen LogP contribution in [0.3, 0.4) is 0 Å². The van der Waals surface area contributed by atoms with Gasteiger partial charge in [-0.25, -0.2) is 0 Å². The predicted molar refractivity (Wildman–Crippen MR) is 64.6 cm³/mol. The van der Waals surface area contributed by atoms with Gasteiger partial charge in [-0.2, -0.15) is 0 Å². The summed E-state index contributed by atoms with van der Waals surface area (Å²) >= 11 is 0. The molecule has 0 radical (unpaired) electrons. The van der Waals surface area contributed by atoms with Crippen molar-refractivity contribution in [2.75, 3.05) is 26.3 Å². The van der Waals surface area contributed by atoms with E-state index in [9.17, 15) is 4.79 Å². The standard InChI is InChI=1S/C13H22N2O2/c1-9-4-10(5-9)13(16)15-6-12(7-15)14-11-2-3-17-8-11/h9-12,14H,2-8H2,1H3. The molecular weight excluding hydrogens is 216 g/mol. The molecule has 2 heterocycles. The number of carbonyl (C=O) groups is 1.